The van der Waals surface area contributed by atoms with Crippen LogP contribution in [0.4, 0.5) is 0 Å². The van der Waals surface area contributed by atoms with Gasteiger partial charge in [-0.3, -0.25) is 9.78 Å². The predicted octanol–water partition coefficient (Wildman–Crippen LogP) is 5.40. The monoisotopic (exact) mass is 427 g/mol. The quantitative estimate of drug-likeness (QED) is 0.447. The third-order valence-corrected chi connectivity index (χ3v) is 6.06. The van der Waals surface area contributed by atoms with Gasteiger partial charge >= 0.3 is 0 Å². The number of thiophene rings is 1. The highest BCUT2D eigenvalue weighted by atomic mass is 79.9. The lowest BCUT2D eigenvalue weighted by Gasteiger charge is -2.09. The van der Waals surface area contributed by atoms with E-state index in [0.29, 0.717) is 11.5 Å². The van der Waals surface area contributed by atoms with Gasteiger partial charge in [0.1, 0.15) is 0 Å². The largest absolute Gasteiger partial charge is 0.272 e. The predicted molar refractivity (Wildman–Crippen MR) is 110 cm³/mol. The topological polar surface area (TPSA) is 54.4 Å². The Kier molecular flexibility index (Phi) is 4.63. The third kappa shape index (κ3) is 3.57. The van der Waals surface area contributed by atoms with Crippen molar-refractivity contribution < 1.29 is 4.79 Å². The van der Waals surface area contributed by atoms with E-state index in [1.807, 2.05) is 37.3 Å². The van der Waals surface area contributed by atoms with Crippen molar-refractivity contribution in [3.63, 3.8) is 0 Å². The van der Waals surface area contributed by atoms with Gasteiger partial charge in [-0.1, -0.05) is 15.9 Å². The molecule has 26 heavy (non-hydrogen) atoms. The Balaban J connectivity index is 1.68. The minimum Gasteiger partial charge on any atom is -0.267 e. The summed E-state index contributed by atoms with van der Waals surface area (Å²) in [6.07, 6.45) is 2.29. The van der Waals surface area contributed by atoms with Crippen molar-refractivity contribution in [3.8, 4) is 0 Å². The van der Waals surface area contributed by atoms with E-state index >= 15 is 0 Å². The highest BCUT2D eigenvalue weighted by Gasteiger charge is 2.27. The molecule has 1 amide bonds. The second-order valence-corrected chi connectivity index (χ2v) is 8.78. The standard InChI is InChI=1S/C20H18BrN3OS/c1-11-3-8-19(26-11)12(2)23-24-20(25)16-10-18(13-4-5-13)22-17-7-6-14(21)9-15(16)17/h3,6-10,13H,4-5H2,1-2H3,(H,24,25)/b23-12+. The van der Waals surface area contributed by atoms with E-state index in [1.165, 1.54) is 4.88 Å². The molecule has 0 aliphatic heterocycles. The van der Waals surface area contributed by atoms with Crippen LogP contribution in [0.25, 0.3) is 10.9 Å². The molecule has 2 aromatic heterocycles. The Hall–Kier alpha value is -2.05. The summed E-state index contributed by atoms with van der Waals surface area (Å²) in [5.41, 5.74) is 5.99. The van der Waals surface area contributed by atoms with Gasteiger partial charge in [-0.2, -0.15) is 5.10 Å². The van der Waals surface area contributed by atoms with Gasteiger partial charge in [0, 0.05) is 26.3 Å². The third-order valence-electron chi connectivity index (χ3n) is 4.45. The molecule has 0 spiro atoms. The van der Waals surface area contributed by atoms with Gasteiger partial charge in [0.15, 0.2) is 0 Å². The Morgan fingerprint density at radius 3 is 2.77 bits per heavy atom. The fourth-order valence-corrected chi connectivity index (χ4v) is 4.05. The number of rotatable bonds is 4. The van der Waals surface area contributed by atoms with E-state index in [0.717, 1.165) is 44.5 Å². The van der Waals surface area contributed by atoms with E-state index in [1.54, 1.807) is 11.3 Å². The van der Waals surface area contributed by atoms with Crippen molar-refractivity contribution in [2.45, 2.75) is 32.6 Å². The molecule has 3 aromatic rings. The van der Waals surface area contributed by atoms with E-state index in [9.17, 15) is 4.79 Å². The van der Waals surface area contributed by atoms with Crippen LogP contribution in [0.2, 0.25) is 0 Å². The number of carbonyl (C=O) groups excluding carboxylic acids is 1. The molecule has 4 rings (SSSR count). The average molecular weight is 428 g/mol. The molecule has 0 radical (unpaired) electrons. The summed E-state index contributed by atoms with van der Waals surface area (Å²) in [6, 6.07) is 11.8. The number of benzene rings is 1. The Labute approximate surface area is 164 Å². The summed E-state index contributed by atoms with van der Waals surface area (Å²) in [7, 11) is 0. The van der Waals surface area contributed by atoms with Crippen LogP contribution >= 0.6 is 27.3 Å². The Morgan fingerprint density at radius 1 is 1.27 bits per heavy atom. The molecule has 1 aliphatic rings. The first-order valence-corrected chi connectivity index (χ1v) is 10.1. The molecule has 0 unspecified atom stereocenters. The van der Waals surface area contributed by atoms with E-state index in [2.05, 4.69) is 39.4 Å². The van der Waals surface area contributed by atoms with Gasteiger partial charge in [-0.15, -0.1) is 11.3 Å². The zero-order valence-corrected chi connectivity index (χ0v) is 16.9. The fraction of sp³-hybridized carbons (Fsp3) is 0.250. The minimum atomic E-state index is -0.204. The summed E-state index contributed by atoms with van der Waals surface area (Å²) >= 11 is 5.15. The summed E-state index contributed by atoms with van der Waals surface area (Å²) in [4.78, 5) is 19.9. The van der Waals surface area contributed by atoms with Crippen LogP contribution in [0.15, 0.2) is 46.0 Å². The highest BCUT2D eigenvalue weighted by Crippen LogP contribution is 2.40. The SMILES string of the molecule is C/C(=N\NC(=O)c1cc(C2CC2)nc2ccc(Br)cc12)c1ccc(C)s1. The number of hydrazone groups is 1. The molecular formula is C20H18BrN3OS. The van der Waals surface area contributed by atoms with E-state index < -0.39 is 0 Å². The van der Waals surface area contributed by atoms with Crippen LogP contribution in [-0.4, -0.2) is 16.6 Å². The number of hydrogen-bond donors (Lipinski definition) is 1. The second-order valence-electron chi connectivity index (χ2n) is 6.58. The van der Waals surface area contributed by atoms with Crippen LogP contribution in [0.1, 0.15) is 51.5 Å². The molecule has 1 fully saturated rings. The van der Waals surface area contributed by atoms with Crippen molar-refractivity contribution in [1.29, 1.82) is 0 Å². The lowest BCUT2D eigenvalue weighted by atomic mass is 10.1. The smallest absolute Gasteiger partial charge is 0.267 e. The molecule has 0 atom stereocenters. The van der Waals surface area contributed by atoms with Gasteiger partial charge in [-0.05, 0) is 63.1 Å². The first-order valence-electron chi connectivity index (χ1n) is 8.53. The van der Waals surface area contributed by atoms with E-state index in [-0.39, 0.29) is 5.91 Å². The number of amides is 1. The van der Waals surface area contributed by atoms with Gasteiger partial charge in [0.2, 0.25) is 0 Å². The molecule has 1 N–H and O–H groups in total. The number of carbonyl (C=O) groups is 1. The van der Waals surface area contributed by atoms with Crippen molar-refractivity contribution in [3.05, 3.63) is 61.9 Å². The van der Waals surface area contributed by atoms with Crippen LogP contribution in [-0.2, 0) is 0 Å². The lowest BCUT2D eigenvalue weighted by molar-refractivity contribution is 0.0956. The second kappa shape index (κ2) is 6.93. The van der Waals surface area contributed by atoms with Crippen molar-refractivity contribution >= 4 is 49.8 Å². The molecule has 1 saturated carbocycles. The zero-order chi connectivity index (χ0) is 18.3. The molecule has 132 valence electrons. The molecule has 1 aromatic carbocycles. The number of halogens is 1. The minimum absolute atomic E-state index is 0.204. The molecule has 1 aliphatic carbocycles. The van der Waals surface area contributed by atoms with Crippen molar-refractivity contribution in [2.75, 3.05) is 0 Å². The zero-order valence-electron chi connectivity index (χ0n) is 14.5. The van der Waals surface area contributed by atoms with E-state index in [4.69, 9.17) is 4.98 Å². The molecule has 0 saturated heterocycles. The first kappa shape index (κ1) is 17.4. The number of aryl methyl sites for hydroxylation is 1. The number of nitrogens with zero attached hydrogens (tertiary/aromatic N) is 2. The molecular weight excluding hydrogens is 410 g/mol. The summed E-state index contributed by atoms with van der Waals surface area (Å²) < 4.78 is 0.925. The van der Waals surface area contributed by atoms with Crippen molar-refractivity contribution in [2.24, 2.45) is 5.10 Å². The van der Waals surface area contributed by atoms with Gasteiger partial charge in [0.05, 0.1) is 21.7 Å². The molecule has 0 bridgehead atoms. The number of nitrogens with one attached hydrogen (secondary N) is 1. The fourth-order valence-electron chi connectivity index (χ4n) is 2.87. The lowest BCUT2D eigenvalue weighted by Crippen LogP contribution is -2.20. The maximum atomic E-state index is 12.8. The normalized spacial score (nSPS) is 14.7. The van der Waals surface area contributed by atoms with Crippen LogP contribution < -0.4 is 5.43 Å². The maximum Gasteiger partial charge on any atom is 0.272 e. The van der Waals surface area contributed by atoms with Gasteiger partial charge in [-0.25, -0.2) is 5.43 Å². The average Bonchev–Trinajstić information content (AvgIpc) is 3.39. The van der Waals surface area contributed by atoms with Gasteiger partial charge < -0.3 is 0 Å². The number of fused-ring (bicyclic) bond motifs is 1. The molecule has 6 heteroatoms. The maximum absolute atomic E-state index is 12.8. The first-order chi connectivity index (χ1) is 12.5. The highest BCUT2D eigenvalue weighted by molar-refractivity contribution is 9.10. The molecule has 2 heterocycles. The summed E-state index contributed by atoms with van der Waals surface area (Å²) in [5, 5.41) is 5.13. The number of pyridine rings is 1. The summed E-state index contributed by atoms with van der Waals surface area (Å²) in [5.74, 6) is 0.277. The Morgan fingerprint density at radius 2 is 2.08 bits per heavy atom. The Bertz CT molecular complexity index is 1040. The number of hydrogen-bond acceptors (Lipinski definition) is 4. The summed E-state index contributed by atoms with van der Waals surface area (Å²) in [6.45, 7) is 3.96. The van der Waals surface area contributed by atoms with Crippen LogP contribution in [0.5, 0.6) is 0 Å². The molecule has 4 nitrogen and oxygen atoms in total. The van der Waals surface area contributed by atoms with Crippen molar-refractivity contribution in [1.82, 2.24) is 10.4 Å². The van der Waals surface area contributed by atoms with Gasteiger partial charge in [0.25, 0.3) is 5.91 Å². The van der Waals surface area contributed by atoms with Crippen LogP contribution in [0, 0.1) is 6.92 Å². The number of aromatic nitrogens is 1. The van der Waals surface area contributed by atoms with Crippen LogP contribution in [0.3, 0.4) is 0 Å².